The molecule has 0 spiro atoms. The van der Waals surface area contributed by atoms with Crippen LogP contribution in [0.15, 0.2) is 40.8 Å². The van der Waals surface area contributed by atoms with Gasteiger partial charge in [-0.25, -0.2) is 4.98 Å². The Hall–Kier alpha value is -2.05. The summed E-state index contributed by atoms with van der Waals surface area (Å²) in [4.78, 5) is 4.38. The van der Waals surface area contributed by atoms with Gasteiger partial charge in [0.25, 0.3) is 0 Å². The molecular formula is C16H14ClNO4S. The van der Waals surface area contributed by atoms with Gasteiger partial charge in [0.15, 0.2) is 11.3 Å². The van der Waals surface area contributed by atoms with Gasteiger partial charge < -0.3 is 8.60 Å². The van der Waals surface area contributed by atoms with Crippen LogP contribution >= 0.6 is 11.6 Å². The zero-order valence-electron chi connectivity index (χ0n) is 12.5. The lowest BCUT2D eigenvalue weighted by Crippen LogP contribution is -2.12. The van der Waals surface area contributed by atoms with E-state index in [1.54, 1.807) is 36.4 Å². The van der Waals surface area contributed by atoms with Crippen LogP contribution in [0.2, 0.25) is 5.02 Å². The van der Waals surface area contributed by atoms with Crippen LogP contribution in [0.25, 0.3) is 22.6 Å². The molecule has 23 heavy (non-hydrogen) atoms. The molecule has 2 aromatic carbocycles. The fraction of sp³-hybridized carbons (Fsp3) is 0.188. The number of nitrogens with zero attached hydrogens (tertiary/aromatic N) is 1. The summed E-state index contributed by atoms with van der Waals surface area (Å²) in [5, 5.41) is 0.548. The van der Waals surface area contributed by atoms with Crippen molar-refractivity contribution in [3.05, 3.63) is 47.0 Å². The van der Waals surface area contributed by atoms with Crippen LogP contribution in [0, 0.1) is 6.92 Å². The predicted octanol–water partition coefficient (Wildman–Crippen LogP) is 4.19. The van der Waals surface area contributed by atoms with E-state index in [1.165, 1.54) is 6.92 Å². The molecule has 3 aromatic rings. The SMILES string of the molecule is CCS(=O)(=O)Oc1ccc(C)cc1-c1nc2cc(Cl)ccc2o1. The van der Waals surface area contributed by atoms with Crippen molar-refractivity contribution < 1.29 is 17.0 Å². The summed E-state index contributed by atoms with van der Waals surface area (Å²) >= 11 is 5.95. The zero-order chi connectivity index (χ0) is 16.6. The van der Waals surface area contributed by atoms with Crippen LogP contribution in [0.5, 0.6) is 5.75 Å². The van der Waals surface area contributed by atoms with Gasteiger partial charge in [0.05, 0.1) is 11.3 Å². The number of hydrogen-bond acceptors (Lipinski definition) is 5. The number of halogens is 1. The first-order valence-corrected chi connectivity index (χ1v) is 8.93. The van der Waals surface area contributed by atoms with Gasteiger partial charge in [-0.15, -0.1) is 0 Å². The third-order valence-electron chi connectivity index (χ3n) is 3.29. The Kier molecular flexibility index (Phi) is 4.04. The second-order valence-corrected chi connectivity index (χ2v) is 7.36. The molecule has 0 amide bonds. The van der Waals surface area contributed by atoms with Gasteiger partial charge in [-0.1, -0.05) is 23.2 Å². The summed E-state index contributed by atoms with van der Waals surface area (Å²) < 4.78 is 34.4. The lowest BCUT2D eigenvalue weighted by Gasteiger charge is -2.09. The van der Waals surface area contributed by atoms with E-state index < -0.39 is 10.1 Å². The Labute approximate surface area is 139 Å². The van der Waals surface area contributed by atoms with Crippen LogP contribution in [-0.4, -0.2) is 19.2 Å². The quantitative estimate of drug-likeness (QED) is 0.659. The normalized spacial score (nSPS) is 11.8. The molecular weight excluding hydrogens is 338 g/mol. The molecule has 0 aliphatic rings. The maximum Gasteiger partial charge on any atom is 0.308 e. The Morgan fingerprint density at radius 2 is 2.00 bits per heavy atom. The molecule has 0 bridgehead atoms. The molecule has 0 saturated heterocycles. The van der Waals surface area contributed by atoms with E-state index in [0.29, 0.717) is 21.7 Å². The summed E-state index contributed by atoms with van der Waals surface area (Å²) in [6.07, 6.45) is 0. The van der Waals surface area contributed by atoms with E-state index in [4.69, 9.17) is 20.2 Å². The molecule has 1 heterocycles. The highest BCUT2D eigenvalue weighted by Crippen LogP contribution is 2.34. The predicted molar refractivity (Wildman–Crippen MR) is 89.3 cm³/mol. The number of fused-ring (bicyclic) bond motifs is 1. The minimum atomic E-state index is -3.64. The van der Waals surface area contributed by atoms with Gasteiger partial charge in [-0.05, 0) is 44.2 Å². The molecule has 0 atom stereocenters. The van der Waals surface area contributed by atoms with Crippen LogP contribution in [0.1, 0.15) is 12.5 Å². The van der Waals surface area contributed by atoms with Crippen molar-refractivity contribution in [2.75, 3.05) is 5.75 Å². The van der Waals surface area contributed by atoms with Crippen molar-refractivity contribution in [2.24, 2.45) is 0 Å². The fourth-order valence-electron chi connectivity index (χ4n) is 2.10. The number of aromatic nitrogens is 1. The van der Waals surface area contributed by atoms with Crippen LogP contribution in [0.4, 0.5) is 0 Å². The third-order valence-corrected chi connectivity index (χ3v) is 4.66. The molecule has 0 N–H and O–H groups in total. The van der Waals surface area contributed by atoms with E-state index >= 15 is 0 Å². The number of hydrogen-bond donors (Lipinski definition) is 0. The molecule has 0 fully saturated rings. The van der Waals surface area contributed by atoms with Crippen molar-refractivity contribution in [1.82, 2.24) is 4.98 Å². The molecule has 0 saturated carbocycles. The molecule has 3 rings (SSSR count). The summed E-state index contributed by atoms with van der Waals surface area (Å²) in [5.41, 5.74) is 2.57. The van der Waals surface area contributed by atoms with Gasteiger partial charge in [-0.3, -0.25) is 0 Å². The lowest BCUT2D eigenvalue weighted by molar-refractivity contribution is 0.487. The maximum atomic E-state index is 11.8. The van der Waals surface area contributed by atoms with Crippen LogP contribution in [-0.2, 0) is 10.1 Å². The van der Waals surface area contributed by atoms with Gasteiger partial charge in [0.2, 0.25) is 5.89 Å². The highest BCUT2D eigenvalue weighted by atomic mass is 35.5. The molecule has 7 heteroatoms. The molecule has 0 aliphatic carbocycles. The third kappa shape index (κ3) is 3.33. The van der Waals surface area contributed by atoms with Gasteiger partial charge in [0.1, 0.15) is 5.52 Å². The van der Waals surface area contributed by atoms with E-state index in [2.05, 4.69) is 4.98 Å². The van der Waals surface area contributed by atoms with Crippen molar-refractivity contribution in [2.45, 2.75) is 13.8 Å². The summed E-state index contributed by atoms with van der Waals surface area (Å²) in [6, 6.07) is 10.2. The summed E-state index contributed by atoms with van der Waals surface area (Å²) in [6.45, 7) is 3.41. The Balaban J connectivity index is 2.15. The largest absolute Gasteiger partial charge is 0.436 e. The molecule has 0 unspecified atom stereocenters. The fourth-order valence-corrected chi connectivity index (χ4v) is 2.80. The first-order chi connectivity index (χ1) is 10.9. The summed E-state index contributed by atoms with van der Waals surface area (Å²) in [7, 11) is -3.64. The highest BCUT2D eigenvalue weighted by Gasteiger charge is 2.18. The van der Waals surface area contributed by atoms with Crippen LogP contribution in [0.3, 0.4) is 0 Å². The van der Waals surface area contributed by atoms with Crippen molar-refractivity contribution in [3.63, 3.8) is 0 Å². The molecule has 5 nitrogen and oxygen atoms in total. The van der Waals surface area contributed by atoms with Crippen molar-refractivity contribution in [3.8, 4) is 17.2 Å². The van der Waals surface area contributed by atoms with Gasteiger partial charge in [-0.2, -0.15) is 8.42 Å². The van der Waals surface area contributed by atoms with E-state index in [-0.39, 0.29) is 17.4 Å². The Morgan fingerprint density at radius 3 is 2.74 bits per heavy atom. The summed E-state index contributed by atoms with van der Waals surface area (Å²) in [5.74, 6) is 0.353. The minimum absolute atomic E-state index is 0.122. The second kappa shape index (κ2) is 5.86. The van der Waals surface area contributed by atoms with E-state index in [1.807, 2.05) is 6.92 Å². The monoisotopic (exact) mass is 351 g/mol. The van der Waals surface area contributed by atoms with Crippen molar-refractivity contribution in [1.29, 1.82) is 0 Å². The molecule has 0 aliphatic heterocycles. The molecule has 0 radical (unpaired) electrons. The van der Waals surface area contributed by atoms with Crippen LogP contribution < -0.4 is 4.18 Å². The maximum absolute atomic E-state index is 11.8. The number of aryl methyl sites for hydroxylation is 1. The van der Waals surface area contributed by atoms with Crippen molar-refractivity contribution >= 4 is 32.8 Å². The van der Waals surface area contributed by atoms with Gasteiger partial charge >= 0.3 is 10.1 Å². The Bertz CT molecular complexity index is 979. The van der Waals surface area contributed by atoms with E-state index in [0.717, 1.165) is 5.56 Å². The first-order valence-electron chi connectivity index (χ1n) is 6.97. The standard InChI is InChI=1S/C16H14ClNO4S/c1-3-23(19,20)22-14-6-4-10(2)8-12(14)16-18-13-9-11(17)5-7-15(13)21-16/h4-9H,3H2,1-2H3. The number of oxazole rings is 1. The molecule has 120 valence electrons. The van der Waals surface area contributed by atoms with Gasteiger partial charge in [0, 0.05) is 5.02 Å². The number of benzene rings is 2. The number of rotatable bonds is 4. The highest BCUT2D eigenvalue weighted by molar-refractivity contribution is 7.87. The average molecular weight is 352 g/mol. The van der Waals surface area contributed by atoms with E-state index in [9.17, 15) is 8.42 Å². The molecule has 1 aromatic heterocycles. The minimum Gasteiger partial charge on any atom is -0.436 e. The first kappa shape index (κ1) is 15.8. The smallest absolute Gasteiger partial charge is 0.308 e. The lowest BCUT2D eigenvalue weighted by atomic mass is 10.1. The average Bonchev–Trinajstić information content (AvgIpc) is 2.91. The zero-order valence-corrected chi connectivity index (χ0v) is 14.1. The Morgan fingerprint density at radius 1 is 1.22 bits per heavy atom. The topological polar surface area (TPSA) is 69.4 Å². The second-order valence-electron chi connectivity index (χ2n) is 5.06.